The van der Waals surface area contributed by atoms with Crippen LogP contribution in [0.25, 0.3) is 0 Å². The number of rotatable bonds is 5. The number of primary amides is 1. The number of hydrogen-bond acceptors (Lipinski definition) is 4. The van der Waals surface area contributed by atoms with Crippen LogP contribution in [-0.4, -0.2) is 22.6 Å². The zero-order chi connectivity index (χ0) is 15.2. The van der Waals surface area contributed by atoms with Gasteiger partial charge in [-0.15, -0.1) is 0 Å². The van der Waals surface area contributed by atoms with Gasteiger partial charge in [0.15, 0.2) is 0 Å². The van der Waals surface area contributed by atoms with E-state index in [-0.39, 0.29) is 17.5 Å². The summed E-state index contributed by atoms with van der Waals surface area (Å²) in [7, 11) is 0. The average molecular weight is 305 g/mol. The van der Waals surface area contributed by atoms with Crippen molar-refractivity contribution in [3.8, 4) is 0 Å². The number of pyridine rings is 1. The van der Waals surface area contributed by atoms with Gasteiger partial charge in [0.05, 0.1) is 16.3 Å². The Morgan fingerprint density at radius 2 is 1.90 bits per heavy atom. The van der Waals surface area contributed by atoms with Crippen LogP contribution in [0.1, 0.15) is 10.4 Å². The molecule has 0 atom stereocenters. The molecule has 1 heterocycles. The normalized spacial score (nSPS) is 10.1. The van der Waals surface area contributed by atoms with Crippen LogP contribution >= 0.6 is 11.8 Å². The number of thioether (sulfide) groups is 1. The predicted octanol–water partition coefficient (Wildman–Crippen LogP) is 2.05. The number of halogens is 1. The minimum Gasteiger partial charge on any atom is -0.369 e. The molecule has 5 nitrogen and oxygen atoms in total. The lowest BCUT2D eigenvalue weighted by Crippen LogP contribution is -2.13. The number of aromatic nitrogens is 1. The topological polar surface area (TPSA) is 85.1 Å². The molecule has 108 valence electrons. The van der Waals surface area contributed by atoms with Gasteiger partial charge in [0.25, 0.3) is 5.91 Å². The summed E-state index contributed by atoms with van der Waals surface area (Å²) in [5.74, 6) is -1.01. The quantitative estimate of drug-likeness (QED) is 0.828. The standard InChI is InChI=1S/C14H12FN3O2S/c15-10-2-4-11(5-3-10)18-14(20)9-1-6-13(17-7-9)21-8-12(16)19/h1-7H,8H2,(H2,16,19)(H,18,20). The Kier molecular flexibility index (Phi) is 4.89. The van der Waals surface area contributed by atoms with Crippen LogP contribution in [0.5, 0.6) is 0 Å². The first-order valence-corrected chi connectivity index (χ1v) is 6.97. The van der Waals surface area contributed by atoms with Crippen molar-refractivity contribution in [2.75, 3.05) is 11.1 Å². The summed E-state index contributed by atoms with van der Waals surface area (Å²) in [5, 5.41) is 3.23. The highest BCUT2D eigenvalue weighted by molar-refractivity contribution is 7.99. The van der Waals surface area contributed by atoms with Gasteiger partial charge in [-0.25, -0.2) is 9.37 Å². The van der Waals surface area contributed by atoms with Gasteiger partial charge < -0.3 is 11.1 Å². The Morgan fingerprint density at radius 3 is 2.48 bits per heavy atom. The van der Waals surface area contributed by atoms with E-state index < -0.39 is 5.91 Å². The van der Waals surface area contributed by atoms with E-state index in [2.05, 4.69) is 10.3 Å². The molecule has 0 radical (unpaired) electrons. The molecule has 3 N–H and O–H groups in total. The van der Waals surface area contributed by atoms with Crippen molar-refractivity contribution in [2.24, 2.45) is 5.73 Å². The summed E-state index contributed by atoms with van der Waals surface area (Å²) >= 11 is 1.20. The lowest BCUT2D eigenvalue weighted by Gasteiger charge is -2.05. The molecule has 0 saturated heterocycles. The summed E-state index contributed by atoms with van der Waals surface area (Å²) in [6, 6.07) is 8.69. The summed E-state index contributed by atoms with van der Waals surface area (Å²) in [4.78, 5) is 26.7. The van der Waals surface area contributed by atoms with Gasteiger partial charge in [0.2, 0.25) is 5.91 Å². The van der Waals surface area contributed by atoms with Crippen molar-refractivity contribution in [1.29, 1.82) is 0 Å². The molecule has 0 aliphatic heterocycles. The summed E-state index contributed by atoms with van der Waals surface area (Å²) < 4.78 is 12.8. The maximum absolute atomic E-state index is 12.8. The van der Waals surface area contributed by atoms with Crippen molar-refractivity contribution >= 4 is 29.3 Å². The van der Waals surface area contributed by atoms with Crippen LogP contribution < -0.4 is 11.1 Å². The Balaban J connectivity index is 1.99. The fraction of sp³-hybridized carbons (Fsp3) is 0.0714. The number of nitrogens with one attached hydrogen (secondary N) is 1. The molecule has 0 bridgehead atoms. The number of anilines is 1. The number of benzene rings is 1. The highest BCUT2D eigenvalue weighted by Gasteiger charge is 2.07. The van der Waals surface area contributed by atoms with Gasteiger partial charge in [-0.05, 0) is 36.4 Å². The average Bonchev–Trinajstić information content (AvgIpc) is 2.48. The number of amides is 2. The van der Waals surface area contributed by atoms with Crippen molar-refractivity contribution in [1.82, 2.24) is 4.98 Å². The maximum Gasteiger partial charge on any atom is 0.257 e. The number of carbonyl (C=O) groups is 2. The SMILES string of the molecule is NC(=O)CSc1ccc(C(=O)Nc2ccc(F)cc2)cn1. The second-order valence-electron chi connectivity index (χ2n) is 4.10. The van der Waals surface area contributed by atoms with E-state index in [1.807, 2.05) is 0 Å². The van der Waals surface area contributed by atoms with E-state index in [9.17, 15) is 14.0 Å². The van der Waals surface area contributed by atoms with E-state index in [1.54, 1.807) is 12.1 Å². The molecule has 0 spiro atoms. The maximum atomic E-state index is 12.8. The van der Waals surface area contributed by atoms with E-state index in [4.69, 9.17) is 5.73 Å². The van der Waals surface area contributed by atoms with E-state index >= 15 is 0 Å². The third-order valence-electron chi connectivity index (χ3n) is 2.46. The van der Waals surface area contributed by atoms with Crippen LogP contribution in [-0.2, 0) is 4.79 Å². The van der Waals surface area contributed by atoms with E-state index in [1.165, 1.54) is 42.2 Å². The number of nitrogens with zero attached hydrogens (tertiary/aromatic N) is 1. The summed E-state index contributed by atoms with van der Waals surface area (Å²) in [5.41, 5.74) is 5.89. The third-order valence-corrected chi connectivity index (χ3v) is 3.43. The van der Waals surface area contributed by atoms with Crippen LogP contribution in [0, 0.1) is 5.82 Å². The lowest BCUT2D eigenvalue weighted by atomic mass is 10.2. The third kappa shape index (κ3) is 4.57. The monoisotopic (exact) mass is 305 g/mol. The van der Waals surface area contributed by atoms with Gasteiger partial charge in [0, 0.05) is 11.9 Å². The first-order valence-electron chi connectivity index (χ1n) is 5.98. The minimum absolute atomic E-state index is 0.133. The van der Waals surface area contributed by atoms with Crippen LogP contribution in [0.15, 0.2) is 47.6 Å². The van der Waals surface area contributed by atoms with Gasteiger partial charge >= 0.3 is 0 Å². The molecule has 0 unspecified atom stereocenters. The Hall–Kier alpha value is -2.41. The van der Waals surface area contributed by atoms with Gasteiger partial charge in [-0.2, -0.15) is 0 Å². The zero-order valence-electron chi connectivity index (χ0n) is 10.9. The molecule has 0 aliphatic rings. The fourth-order valence-corrected chi connectivity index (χ4v) is 2.06. The second kappa shape index (κ2) is 6.85. The van der Waals surface area contributed by atoms with Crippen molar-refractivity contribution < 1.29 is 14.0 Å². The summed E-state index contributed by atoms with van der Waals surface area (Å²) in [6.45, 7) is 0. The lowest BCUT2D eigenvalue weighted by molar-refractivity contribution is -0.115. The molecule has 7 heteroatoms. The molecule has 1 aromatic carbocycles. The zero-order valence-corrected chi connectivity index (χ0v) is 11.7. The Bertz CT molecular complexity index is 644. The molecule has 0 fully saturated rings. The van der Waals surface area contributed by atoms with Crippen molar-refractivity contribution in [3.63, 3.8) is 0 Å². The molecule has 0 aliphatic carbocycles. The highest BCUT2D eigenvalue weighted by atomic mass is 32.2. The fourth-order valence-electron chi connectivity index (χ4n) is 1.48. The largest absolute Gasteiger partial charge is 0.369 e. The molecule has 2 rings (SSSR count). The molecule has 21 heavy (non-hydrogen) atoms. The van der Waals surface area contributed by atoms with Crippen LogP contribution in [0.3, 0.4) is 0 Å². The Morgan fingerprint density at radius 1 is 1.19 bits per heavy atom. The first kappa shape index (κ1) is 15.0. The second-order valence-corrected chi connectivity index (χ2v) is 5.10. The molecule has 1 aromatic heterocycles. The van der Waals surface area contributed by atoms with Crippen molar-refractivity contribution in [3.05, 3.63) is 54.0 Å². The van der Waals surface area contributed by atoms with Gasteiger partial charge in [-0.3, -0.25) is 9.59 Å². The van der Waals surface area contributed by atoms with E-state index in [0.717, 1.165) is 0 Å². The minimum atomic E-state index is -0.431. The molecule has 2 amide bonds. The summed E-state index contributed by atoms with van der Waals surface area (Å²) in [6.07, 6.45) is 1.40. The van der Waals surface area contributed by atoms with Crippen molar-refractivity contribution in [2.45, 2.75) is 5.03 Å². The predicted molar refractivity (Wildman–Crippen MR) is 78.5 cm³/mol. The van der Waals surface area contributed by atoms with Gasteiger partial charge in [-0.1, -0.05) is 11.8 Å². The molecule has 2 aromatic rings. The smallest absolute Gasteiger partial charge is 0.257 e. The van der Waals surface area contributed by atoms with E-state index in [0.29, 0.717) is 16.3 Å². The number of hydrogen-bond donors (Lipinski definition) is 2. The number of carbonyl (C=O) groups excluding carboxylic acids is 2. The van der Waals surface area contributed by atoms with Crippen LogP contribution in [0.2, 0.25) is 0 Å². The number of nitrogens with two attached hydrogens (primary N) is 1. The first-order chi connectivity index (χ1) is 10.0. The van der Waals surface area contributed by atoms with Gasteiger partial charge in [0.1, 0.15) is 5.82 Å². The molecular weight excluding hydrogens is 293 g/mol. The van der Waals surface area contributed by atoms with Crippen LogP contribution in [0.4, 0.5) is 10.1 Å². The molecule has 0 saturated carbocycles. The Labute approximate surface area is 124 Å². The molecular formula is C14H12FN3O2S. The highest BCUT2D eigenvalue weighted by Crippen LogP contribution is 2.15.